The summed E-state index contributed by atoms with van der Waals surface area (Å²) in [5.41, 5.74) is 1.73. The van der Waals surface area contributed by atoms with Crippen molar-refractivity contribution in [1.82, 2.24) is 9.55 Å². The first kappa shape index (κ1) is 20.9. The van der Waals surface area contributed by atoms with Crippen LogP contribution in [0, 0.1) is 0 Å². The van der Waals surface area contributed by atoms with Gasteiger partial charge in [-0.1, -0.05) is 35.0 Å². The van der Waals surface area contributed by atoms with Gasteiger partial charge in [0.05, 0.1) is 32.4 Å². The summed E-state index contributed by atoms with van der Waals surface area (Å²) in [6, 6.07) is 9.33. The quantitative estimate of drug-likeness (QED) is 0.546. The molecule has 0 aliphatic carbocycles. The number of amides is 1. The highest BCUT2D eigenvalue weighted by Crippen LogP contribution is 2.28. The molecular weight excluding hydrogens is 443 g/mol. The van der Waals surface area contributed by atoms with Gasteiger partial charge in [-0.3, -0.25) is 4.79 Å². The number of rotatable bonds is 6. The lowest BCUT2D eigenvalue weighted by Crippen LogP contribution is -2.14. The van der Waals surface area contributed by atoms with Gasteiger partial charge in [0.2, 0.25) is 15.9 Å². The zero-order valence-corrected chi connectivity index (χ0v) is 17.8. The number of nitrogens with one attached hydrogen (secondary N) is 1. The van der Waals surface area contributed by atoms with Crippen molar-refractivity contribution in [2.24, 2.45) is 5.14 Å². The second kappa shape index (κ2) is 8.30. The SMILES string of the molecule is CCn1c(SCC(=O)Nc2ccc(Cl)cc2Cl)nc2cc(S(N)(=O)=O)ccc21. The van der Waals surface area contributed by atoms with E-state index in [4.69, 9.17) is 28.3 Å². The van der Waals surface area contributed by atoms with E-state index in [9.17, 15) is 13.2 Å². The fourth-order valence-corrected chi connectivity index (χ4v) is 4.46. The molecule has 148 valence electrons. The lowest BCUT2D eigenvalue weighted by Gasteiger charge is -2.08. The predicted octanol–water partition coefficient (Wildman–Crippen LogP) is 3.74. The number of halogens is 2. The first-order chi connectivity index (χ1) is 13.2. The maximum atomic E-state index is 12.3. The number of imidazole rings is 1. The first-order valence-electron chi connectivity index (χ1n) is 8.10. The number of fused-ring (bicyclic) bond motifs is 1. The van der Waals surface area contributed by atoms with E-state index in [0.717, 1.165) is 5.52 Å². The number of carbonyl (C=O) groups is 1. The number of primary sulfonamides is 1. The highest BCUT2D eigenvalue weighted by molar-refractivity contribution is 7.99. The highest BCUT2D eigenvalue weighted by Gasteiger charge is 2.16. The van der Waals surface area contributed by atoms with Crippen molar-refractivity contribution in [2.45, 2.75) is 23.5 Å². The largest absolute Gasteiger partial charge is 0.324 e. The predicted molar refractivity (Wildman–Crippen MR) is 113 cm³/mol. The third-order valence-corrected chi connectivity index (χ3v) is 6.30. The van der Waals surface area contributed by atoms with Crippen LogP contribution in [0.2, 0.25) is 10.0 Å². The molecule has 2 aromatic carbocycles. The molecule has 3 rings (SSSR count). The molecule has 0 radical (unpaired) electrons. The molecular formula is C17H16Cl2N4O3S2. The van der Waals surface area contributed by atoms with Gasteiger partial charge in [0.1, 0.15) is 0 Å². The molecule has 0 fully saturated rings. The molecule has 0 aliphatic rings. The number of benzene rings is 2. The van der Waals surface area contributed by atoms with Crippen LogP contribution in [0.5, 0.6) is 0 Å². The number of aryl methyl sites for hydroxylation is 1. The molecule has 28 heavy (non-hydrogen) atoms. The summed E-state index contributed by atoms with van der Waals surface area (Å²) in [5, 5.41) is 9.33. The van der Waals surface area contributed by atoms with Crippen molar-refractivity contribution in [3.63, 3.8) is 0 Å². The molecule has 7 nitrogen and oxygen atoms in total. The van der Waals surface area contributed by atoms with Gasteiger partial charge in [-0.2, -0.15) is 0 Å². The Hall–Kier alpha value is -1.78. The van der Waals surface area contributed by atoms with Gasteiger partial charge in [-0.05, 0) is 43.3 Å². The number of thioether (sulfide) groups is 1. The monoisotopic (exact) mass is 458 g/mol. The molecule has 3 N–H and O–H groups in total. The van der Waals surface area contributed by atoms with Gasteiger partial charge in [0.15, 0.2) is 5.16 Å². The molecule has 1 aromatic heterocycles. The van der Waals surface area contributed by atoms with Crippen LogP contribution in [0.25, 0.3) is 11.0 Å². The lowest BCUT2D eigenvalue weighted by atomic mass is 10.3. The number of hydrogen-bond donors (Lipinski definition) is 2. The maximum absolute atomic E-state index is 12.3. The van der Waals surface area contributed by atoms with Crippen LogP contribution in [0.1, 0.15) is 6.92 Å². The molecule has 1 heterocycles. The summed E-state index contributed by atoms with van der Waals surface area (Å²) in [4.78, 5) is 16.7. The Bertz CT molecular complexity index is 1160. The fourth-order valence-electron chi connectivity index (χ4n) is 2.59. The van der Waals surface area contributed by atoms with Crippen molar-refractivity contribution >= 4 is 67.6 Å². The van der Waals surface area contributed by atoms with E-state index in [0.29, 0.717) is 33.0 Å². The smallest absolute Gasteiger partial charge is 0.238 e. The maximum Gasteiger partial charge on any atom is 0.238 e. The van der Waals surface area contributed by atoms with Crippen LogP contribution < -0.4 is 10.5 Å². The topological polar surface area (TPSA) is 107 Å². The van der Waals surface area contributed by atoms with Crippen LogP contribution >= 0.6 is 35.0 Å². The molecule has 3 aromatic rings. The van der Waals surface area contributed by atoms with E-state index in [2.05, 4.69) is 10.3 Å². The summed E-state index contributed by atoms with van der Waals surface area (Å²) in [5.74, 6) is -0.154. The standard InChI is InChI=1S/C17H16Cl2N4O3S2/c1-2-23-15-6-4-11(28(20,25)26)8-14(15)22-17(23)27-9-16(24)21-13-5-3-10(18)7-12(13)19/h3-8H,2,9H2,1H3,(H,21,24)(H2,20,25,26). The first-order valence-corrected chi connectivity index (χ1v) is 11.4. The van der Waals surface area contributed by atoms with E-state index >= 15 is 0 Å². The number of aromatic nitrogens is 2. The third kappa shape index (κ3) is 4.61. The van der Waals surface area contributed by atoms with E-state index in [1.807, 2.05) is 11.5 Å². The Labute approximate surface area is 176 Å². The van der Waals surface area contributed by atoms with Gasteiger partial charge in [0, 0.05) is 11.6 Å². The molecule has 0 spiro atoms. The second-order valence-corrected chi connectivity index (χ2v) is 9.14. The molecule has 0 atom stereocenters. The second-order valence-electron chi connectivity index (χ2n) is 5.80. The fraction of sp³-hybridized carbons (Fsp3) is 0.176. The molecule has 11 heteroatoms. The number of hydrogen-bond acceptors (Lipinski definition) is 5. The van der Waals surface area contributed by atoms with E-state index < -0.39 is 10.0 Å². The van der Waals surface area contributed by atoms with Crippen LogP contribution in [-0.4, -0.2) is 29.6 Å². The van der Waals surface area contributed by atoms with Gasteiger partial charge in [-0.25, -0.2) is 18.5 Å². The molecule has 0 unspecified atom stereocenters. The van der Waals surface area contributed by atoms with Crippen LogP contribution in [0.4, 0.5) is 5.69 Å². The molecule has 0 aliphatic heterocycles. The van der Waals surface area contributed by atoms with Crippen molar-refractivity contribution in [2.75, 3.05) is 11.1 Å². The van der Waals surface area contributed by atoms with Crippen molar-refractivity contribution in [3.8, 4) is 0 Å². The van der Waals surface area contributed by atoms with E-state index in [-0.39, 0.29) is 16.6 Å². The average Bonchev–Trinajstić information content (AvgIpc) is 2.98. The zero-order chi connectivity index (χ0) is 20.5. The molecule has 0 saturated heterocycles. The Balaban J connectivity index is 1.78. The lowest BCUT2D eigenvalue weighted by molar-refractivity contribution is -0.113. The number of nitrogens with zero attached hydrogens (tertiary/aromatic N) is 2. The summed E-state index contributed by atoms with van der Waals surface area (Å²) in [6.07, 6.45) is 0. The molecule has 0 bridgehead atoms. The average molecular weight is 459 g/mol. The van der Waals surface area contributed by atoms with Crippen molar-refractivity contribution < 1.29 is 13.2 Å². The molecule has 1 amide bonds. The number of carbonyl (C=O) groups excluding carboxylic acids is 1. The summed E-state index contributed by atoms with van der Waals surface area (Å²) < 4.78 is 25.0. The summed E-state index contributed by atoms with van der Waals surface area (Å²) >= 11 is 13.1. The minimum absolute atomic E-state index is 0.00701. The summed E-state index contributed by atoms with van der Waals surface area (Å²) in [6.45, 7) is 2.55. The van der Waals surface area contributed by atoms with Crippen molar-refractivity contribution in [3.05, 3.63) is 46.4 Å². The number of sulfonamides is 1. The van der Waals surface area contributed by atoms with Gasteiger partial charge < -0.3 is 9.88 Å². The Kier molecular flexibility index (Phi) is 6.21. The minimum atomic E-state index is -3.81. The highest BCUT2D eigenvalue weighted by atomic mass is 35.5. The zero-order valence-electron chi connectivity index (χ0n) is 14.6. The van der Waals surface area contributed by atoms with Crippen molar-refractivity contribution in [1.29, 1.82) is 0 Å². The molecule has 0 saturated carbocycles. The van der Waals surface area contributed by atoms with E-state index in [1.165, 1.54) is 23.9 Å². The number of nitrogens with two attached hydrogens (primary N) is 1. The van der Waals surface area contributed by atoms with Crippen LogP contribution in [-0.2, 0) is 21.4 Å². The van der Waals surface area contributed by atoms with E-state index in [1.54, 1.807) is 24.3 Å². The van der Waals surface area contributed by atoms with Gasteiger partial charge in [-0.15, -0.1) is 0 Å². The Morgan fingerprint density at radius 3 is 2.64 bits per heavy atom. The minimum Gasteiger partial charge on any atom is -0.324 e. The Morgan fingerprint density at radius 2 is 2.00 bits per heavy atom. The van der Waals surface area contributed by atoms with Crippen LogP contribution in [0.15, 0.2) is 46.5 Å². The van der Waals surface area contributed by atoms with Gasteiger partial charge in [0.25, 0.3) is 0 Å². The third-order valence-electron chi connectivity index (χ3n) is 3.87. The van der Waals surface area contributed by atoms with Gasteiger partial charge >= 0.3 is 0 Å². The Morgan fingerprint density at radius 1 is 1.25 bits per heavy atom. The normalized spacial score (nSPS) is 11.7. The van der Waals surface area contributed by atoms with Crippen LogP contribution in [0.3, 0.4) is 0 Å². The number of anilines is 1. The summed E-state index contributed by atoms with van der Waals surface area (Å²) in [7, 11) is -3.81.